The molecule has 0 atom stereocenters. The minimum Gasteiger partial charge on any atom is -0.399 e. The molecule has 0 bridgehead atoms. The van der Waals surface area contributed by atoms with Gasteiger partial charge in [0, 0.05) is 5.69 Å². The molecule has 0 aliphatic carbocycles. The molecular weight excluding hydrogens is 208 g/mol. The van der Waals surface area contributed by atoms with Crippen molar-refractivity contribution < 1.29 is 0 Å². The van der Waals surface area contributed by atoms with Crippen molar-refractivity contribution >= 4 is 5.69 Å². The lowest BCUT2D eigenvalue weighted by Crippen LogP contribution is -2.30. The molecule has 0 unspecified atom stereocenters. The summed E-state index contributed by atoms with van der Waals surface area (Å²) in [6.07, 6.45) is 7.98. The van der Waals surface area contributed by atoms with Crippen LogP contribution in [0.4, 0.5) is 5.69 Å². The van der Waals surface area contributed by atoms with Crippen LogP contribution in [0.3, 0.4) is 0 Å². The maximum Gasteiger partial charge on any atom is 0.0316 e. The van der Waals surface area contributed by atoms with Crippen LogP contribution in [-0.4, -0.2) is 24.5 Å². The SMILES string of the molecule is Nc1cccc(CCCCN2CCCCC2)c1. The number of aryl methyl sites for hydroxylation is 1. The molecule has 0 saturated carbocycles. The Labute approximate surface area is 105 Å². The number of likely N-dealkylation sites (tertiary alicyclic amines) is 1. The molecular formula is C15H24N2. The van der Waals surface area contributed by atoms with E-state index >= 15 is 0 Å². The number of nitrogens with zero attached hydrogens (tertiary/aromatic N) is 1. The molecule has 17 heavy (non-hydrogen) atoms. The lowest BCUT2D eigenvalue weighted by molar-refractivity contribution is 0.225. The number of piperidine rings is 1. The molecule has 2 heteroatoms. The molecule has 0 aromatic heterocycles. The summed E-state index contributed by atoms with van der Waals surface area (Å²) in [7, 11) is 0. The Kier molecular flexibility index (Phi) is 4.87. The quantitative estimate of drug-likeness (QED) is 0.624. The first-order valence-electron chi connectivity index (χ1n) is 6.91. The predicted octanol–water partition coefficient (Wildman–Crippen LogP) is 3.08. The Morgan fingerprint density at radius 2 is 1.88 bits per heavy atom. The summed E-state index contributed by atoms with van der Waals surface area (Å²) in [6, 6.07) is 8.28. The fraction of sp³-hybridized carbons (Fsp3) is 0.600. The lowest BCUT2D eigenvalue weighted by Gasteiger charge is -2.26. The zero-order valence-corrected chi connectivity index (χ0v) is 10.7. The van der Waals surface area contributed by atoms with Crippen molar-refractivity contribution in [3.63, 3.8) is 0 Å². The Bertz CT molecular complexity index is 329. The van der Waals surface area contributed by atoms with E-state index in [0.29, 0.717) is 0 Å². The summed E-state index contributed by atoms with van der Waals surface area (Å²) >= 11 is 0. The summed E-state index contributed by atoms with van der Waals surface area (Å²) in [6.45, 7) is 3.92. The summed E-state index contributed by atoms with van der Waals surface area (Å²) in [5.41, 5.74) is 8.04. The monoisotopic (exact) mass is 232 g/mol. The van der Waals surface area contributed by atoms with Gasteiger partial charge in [-0.3, -0.25) is 0 Å². The lowest BCUT2D eigenvalue weighted by atomic mass is 10.1. The topological polar surface area (TPSA) is 29.3 Å². The molecule has 1 heterocycles. The van der Waals surface area contributed by atoms with Crippen molar-refractivity contribution in [2.75, 3.05) is 25.4 Å². The maximum atomic E-state index is 5.77. The third kappa shape index (κ3) is 4.39. The number of nitrogens with two attached hydrogens (primary N) is 1. The Hall–Kier alpha value is -1.02. The van der Waals surface area contributed by atoms with E-state index in [1.165, 1.54) is 63.7 Å². The molecule has 94 valence electrons. The minimum absolute atomic E-state index is 0.888. The average Bonchev–Trinajstić information content (AvgIpc) is 2.36. The third-order valence-electron chi connectivity index (χ3n) is 3.59. The van der Waals surface area contributed by atoms with E-state index in [2.05, 4.69) is 23.1 Å². The van der Waals surface area contributed by atoms with Gasteiger partial charge in [0.25, 0.3) is 0 Å². The van der Waals surface area contributed by atoms with E-state index in [0.717, 1.165) is 5.69 Å². The first-order chi connectivity index (χ1) is 8.34. The second-order valence-electron chi connectivity index (χ2n) is 5.10. The molecule has 0 radical (unpaired) electrons. The molecule has 2 N–H and O–H groups in total. The highest BCUT2D eigenvalue weighted by Gasteiger charge is 2.08. The van der Waals surface area contributed by atoms with Gasteiger partial charge in [0.2, 0.25) is 0 Å². The van der Waals surface area contributed by atoms with E-state index in [1.54, 1.807) is 0 Å². The first-order valence-corrected chi connectivity index (χ1v) is 6.91. The molecule has 2 rings (SSSR count). The minimum atomic E-state index is 0.888. The van der Waals surface area contributed by atoms with Gasteiger partial charge in [-0.25, -0.2) is 0 Å². The average molecular weight is 232 g/mol. The normalized spacial score (nSPS) is 17.2. The van der Waals surface area contributed by atoms with Gasteiger partial charge in [0.1, 0.15) is 0 Å². The van der Waals surface area contributed by atoms with Crippen LogP contribution in [0.25, 0.3) is 0 Å². The van der Waals surface area contributed by atoms with Crippen LogP contribution in [0.2, 0.25) is 0 Å². The van der Waals surface area contributed by atoms with Crippen LogP contribution in [0.5, 0.6) is 0 Å². The van der Waals surface area contributed by atoms with E-state index in [4.69, 9.17) is 5.73 Å². The second kappa shape index (κ2) is 6.65. The van der Waals surface area contributed by atoms with Crippen molar-refractivity contribution in [1.82, 2.24) is 4.90 Å². The summed E-state index contributed by atoms with van der Waals surface area (Å²) in [5, 5.41) is 0. The summed E-state index contributed by atoms with van der Waals surface area (Å²) in [5.74, 6) is 0. The van der Waals surface area contributed by atoms with Crippen LogP contribution in [0.1, 0.15) is 37.7 Å². The van der Waals surface area contributed by atoms with Gasteiger partial charge in [-0.15, -0.1) is 0 Å². The van der Waals surface area contributed by atoms with E-state index in [1.807, 2.05) is 6.07 Å². The molecule has 1 saturated heterocycles. The zero-order valence-electron chi connectivity index (χ0n) is 10.7. The van der Waals surface area contributed by atoms with Gasteiger partial charge >= 0.3 is 0 Å². The van der Waals surface area contributed by atoms with E-state index in [9.17, 15) is 0 Å². The molecule has 0 spiro atoms. The number of anilines is 1. The van der Waals surface area contributed by atoms with Crippen LogP contribution in [0.15, 0.2) is 24.3 Å². The van der Waals surface area contributed by atoms with Gasteiger partial charge in [-0.05, 0) is 69.4 Å². The number of hydrogen-bond acceptors (Lipinski definition) is 2. The summed E-state index contributed by atoms with van der Waals surface area (Å²) in [4.78, 5) is 2.61. The van der Waals surface area contributed by atoms with Crippen molar-refractivity contribution in [2.45, 2.75) is 38.5 Å². The van der Waals surface area contributed by atoms with Crippen molar-refractivity contribution in [3.05, 3.63) is 29.8 Å². The standard InChI is InChI=1S/C15H24N2/c16-15-9-6-8-14(13-15)7-2-5-12-17-10-3-1-4-11-17/h6,8-9,13H,1-5,7,10-12,16H2. The Balaban J connectivity index is 1.62. The number of nitrogen functional groups attached to an aromatic ring is 1. The number of unbranched alkanes of at least 4 members (excludes halogenated alkanes) is 1. The molecule has 1 aliphatic heterocycles. The molecule has 1 aliphatic rings. The number of hydrogen-bond donors (Lipinski definition) is 1. The number of benzene rings is 1. The fourth-order valence-corrected chi connectivity index (χ4v) is 2.60. The van der Waals surface area contributed by atoms with Crippen LogP contribution in [-0.2, 0) is 6.42 Å². The van der Waals surface area contributed by atoms with Crippen molar-refractivity contribution in [2.24, 2.45) is 0 Å². The highest BCUT2D eigenvalue weighted by atomic mass is 15.1. The molecule has 1 fully saturated rings. The maximum absolute atomic E-state index is 5.77. The zero-order chi connectivity index (χ0) is 11.9. The van der Waals surface area contributed by atoms with E-state index in [-0.39, 0.29) is 0 Å². The van der Waals surface area contributed by atoms with Crippen molar-refractivity contribution in [3.8, 4) is 0 Å². The van der Waals surface area contributed by atoms with Gasteiger partial charge in [0.05, 0.1) is 0 Å². The second-order valence-corrected chi connectivity index (χ2v) is 5.10. The highest BCUT2D eigenvalue weighted by Crippen LogP contribution is 2.12. The molecule has 2 nitrogen and oxygen atoms in total. The van der Waals surface area contributed by atoms with Gasteiger partial charge < -0.3 is 10.6 Å². The Morgan fingerprint density at radius 3 is 2.65 bits per heavy atom. The van der Waals surface area contributed by atoms with E-state index < -0.39 is 0 Å². The molecule has 1 aromatic rings. The molecule has 1 aromatic carbocycles. The first kappa shape index (κ1) is 12.4. The van der Waals surface area contributed by atoms with Gasteiger partial charge in [0.15, 0.2) is 0 Å². The third-order valence-corrected chi connectivity index (χ3v) is 3.59. The van der Waals surface area contributed by atoms with Gasteiger partial charge in [-0.2, -0.15) is 0 Å². The highest BCUT2D eigenvalue weighted by molar-refractivity contribution is 5.40. The summed E-state index contributed by atoms with van der Waals surface area (Å²) < 4.78 is 0. The smallest absolute Gasteiger partial charge is 0.0316 e. The van der Waals surface area contributed by atoms with Crippen LogP contribution < -0.4 is 5.73 Å². The van der Waals surface area contributed by atoms with Gasteiger partial charge in [-0.1, -0.05) is 18.6 Å². The molecule has 0 amide bonds. The number of rotatable bonds is 5. The van der Waals surface area contributed by atoms with Crippen LogP contribution >= 0.6 is 0 Å². The predicted molar refractivity (Wildman–Crippen MR) is 74.1 cm³/mol. The van der Waals surface area contributed by atoms with Crippen LogP contribution in [0, 0.1) is 0 Å². The largest absolute Gasteiger partial charge is 0.399 e. The van der Waals surface area contributed by atoms with Crippen molar-refractivity contribution in [1.29, 1.82) is 0 Å². The fourth-order valence-electron chi connectivity index (χ4n) is 2.60. The Morgan fingerprint density at radius 1 is 1.06 bits per heavy atom.